The summed E-state index contributed by atoms with van der Waals surface area (Å²) in [5.74, 6) is 0. The summed E-state index contributed by atoms with van der Waals surface area (Å²) in [4.78, 5) is 21.9. The number of anilines is 1. The van der Waals surface area contributed by atoms with E-state index in [1.165, 1.54) is 11.3 Å². The van der Waals surface area contributed by atoms with Crippen LogP contribution in [0, 0.1) is 0 Å². The highest BCUT2D eigenvalue weighted by Gasteiger charge is 2.12. The van der Waals surface area contributed by atoms with Crippen molar-refractivity contribution in [1.82, 2.24) is 9.97 Å². The first kappa shape index (κ1) is 17.9. The van der Waals surface area contributed by atoms with Gasteiger partial charge in [0.1, 0.15) is 0 Å². The molecule has 0 fully saturated rings. The maximum Gasteiger partial charge on any atom is 0.197 e. The molecule has 0 unspecified atom stereocenters. The van der Waals surface area contributed by atoms with E-state index in [0.717, 1.165) is 32.7 Å². The highest BCUT2D eigenvalue weighted by molar-refractivity contribution is 7.15. The van der Waals surface area contributed by atoms with Crippen LogP contribution in [0.5, 0.6) is 0 Å². The lowest BCUT2D eigenvalue weighted by atomic mass is 10.0. The fraction of sp³-hybridized carbons (Fsp3) is 0.0435. The van der Waals surface area contributed by atoms with Crippen LogP contribution in [0.4, 0.5) is 5.69 Å². The second-order valence-electron chi connectivity index (χ2n) is 6.71. The summed E-state index contributed by atoms with van der Waals surface area (Å²) in [5.41, 5.74) is 4.60. The first-order chi connectivity index (χ1) is 14.2. The van der Waals surface area contributed by atoms with Crippen LogP contribution in [-0.4, -0.2) is 9.97 Å². The number of pyridine rings is 1. The Balaban J connectivity index is 1.69. The third-order valence-electron chi connectivity index (χ3n) is 4.93. The molecule has 2 N–H and O–H groups in total. The van der Waals surface area contributed by atoms with Crippen LogP contribution >= 0.6 is 22.9 Å². The number of nitrogens with zero attached hydrogens (tertiary/aromatic N) is 1. The van der Waals surface area contributed by atoms with E-state index in [4.69, 9.17) is 11.6 Å². The van der Waals surface area contributed by atoms with E-state index < -0.39 is 0 Å². The number of H-pyrrole nitrogens is 1. The minimum atomic E-state index is 0.0241. The van der Waals surface area contributed by atoms with Crippen LogP contribution < -0.4 is 10.7 Å². The van der Waals surface area contributed by atoms with Crippen molar-refractivity contribution >= 4 is 50.4 Å². The number of fused-ring (bicyclic) bond motifs is 2. The van der Waals surface area contributed by atoms with Gasteiger partial charge in [-0.3, -0.25) is 4.79 Å². The zero-order valence-electron chi connectivity index (χ0n) is 15.3. The topological polar surface area (TPSA) is 57.8 Å². The molecule has 0 bridgehead atoms. The Morgan fingerprint density at radius 3 is 2.45 bits per heavy atom. The molecule has 0 saturated carbocycles. The molecule has 5 rings (SSSR count). The summed E-state index contributed by atoms with van der Waals surface area (Å²) in [6.45, 7) is 0.587. The third-order valence-corrected chi connectivity index (χ3v) is 6.05. The Labute approximate surface area is 175 Å². The molecule has 6 heteroatoms. The van der Waals surface area contributed by atoms with E-state index in [1.807, 2.05) is 54.6 Å². The van der Waals surface area contributed by atoms with Crippen molar-refractivity contribution in [3.05, 3.63) is 92.5 Å². The van der Waals surface area contributed by atoms with Crippen molar-refractivity contribution in [1.29, 1.82) is 0 Å². The average Bonchev–Trinajstić information content (AvgIpc) is 3.18. The number of hydrogen-bond acceptors (Lipinski definition) is 4. The van der Waals surface area contributed by atoms with Gasteiger partial charge in [-0.2, -0.15) is 0 Å². The largest absolute Gasteiger partial charge is 0.378 e. The minimum Gasteiger partial charge on any atom is -0.378 e. The Morgan fingerprint density at radius 1 is 0.931 bits per heavy atom. The molecule has 29 heavy (non-hydrogen) atoms. The van der Waals surface area contributed by atoms with Crippen LogP contribution in [0.3, 0.4) is 0 Å². The second-order valence-corrected chi connectivity index (χ2v) is 8.41. The number of aromatic amines is 1. The standard InChI is InChI=1S/C23H16ClN3OS/c24-23-26-13-15(29-23)12-25-19-11-5-10-18-21(19)27-20-16(14-6-2-1-3-7-14)8-4-9-17(20)22(18)28/h1-11,13,25H,12H2,(H,27,28). The highest BCUT2D eigenvalue weighted by Crippen LogP contribution is 2.29. The molecule has 142 valence electrons. The molecule has 5 aromatic rings. The van der Waals surface area contributed by atoms with E-state index in [-0.39, 0.29) is 5.43 Å². The number of halogens is 1. The number of benzene rings is 3. The number of aromatic nitrogens is 2. The molecule has 3 aromatic carbocycles. The quantitative estimate of drug-likeness (QED) is 0.349. The lowest BCUT2D eigenvalue weighted by Crippen LogP contribution is -2.07. The Morgan fingerprint density at radius 2 is 1.69 bits per heavy atom. The van der Waals surface area contributed by atoms with Crippen molar-refractivity contribution in [3.8, 4) is 11.1 Å². The highest BCUT2D eigenvalue weighted by atomic mass is 35.5. The first-order valence-electron chi connectivity index (χ1n) is 9.18. The molecule has 2 aromatic heterocycles. The molecular formula is C23H16ClN3OS. The van der Waals surface area contributed by atoms with Gasteiger partial charge in [0.25, 0.3) is 0 Å². The number of nitrogens with one attached hydrogen (secondary N) is 2. The van der Waals surface area contributed by atoms with Gasteiger partial charge in [0.15, 0.2) is 9.90 Å². The predicted molar refractivity (Wildman–Crippen MR) is 122 cm³/mol. The summed E-state index contributed by atoms with van der Waals surface area (Å²) >= 11 is 7.37. The molecule has 0 atom stereocenters. The maximum absolute atomic E-state index is 13.2. The number of rotatable bonds is 4. The number of para-hydroxylation sites is 2. The van der Waals surface area contributed by atoms with Crippen LogP contribution in [0.1, 0.15) is 4.88 Å². The van der Waals surface area contributed by atoms with Gasteiger partial charge in [0, 0.05) is 27.4 Å². The molecular weight excluding hydrogens is 402 g/mol. The van der Waals surface area contributed by atoms with Crippen molar-refractivity contribution in [2.75, 3.05) is 5.32 Å². The summed E-state index contributed by atoms with van der Waals surface area (Å²) in [6, 6.07) is 21.7. The molecule has 0 aliphatic carbocycles. The van der Waals surface area contributed by atoms with Crippen molar-refractivity contribution in [2.24, 2.45) is 0 Å². The summed E-state index contributed by atoms with van der Waals surface area (Å²) in [5, 5.41) is 4.76. The van der Waals surface area contributed by atoms with Gasteiger partial charge in [0.2, 0.25) is 0 Å². The second kappa shape index (κ2) is 7.35. The minimum absolute atomic E-state index is 0.0241. The summed E-state index contributed by atoms with van der Waals surface area (Å²) in [6.07, 6.45) is 1.76. The summed E-state index contributed by atoms with van der Waals surface area (Å²) < 4.78 is 0.520. The Bertz CT molecular complexity index is 1390. The Kier molecular flexibility index (Phi) is 4.54. The molecule has 0 aliphatic rings. The molecule has 2 heterocycles. The molecule has 0 spiro atoms. The zero-order chi connectivity index (χ0) is 19.8. The van der Waals surface area contributed by atoms with Crippen molar-refractivity contribution in [2.45, 2.75) is 6.54 Å². The van der Waals surface area contributed by atoms with E-state index in [2.05, 4.69) is 27.4 Å². The Hall–Kier alpha value is -3.15. The molecule has 0 amide bonds. The third kappa shape index (κ3) is 3.28. The normalized spacial score (nSPS) is 11.2. The van der Waals surface area contributed by atoms with E-state index in [9.17, 15) is 4.79 Å². The first-order valence-corrected chi connectivity index (χ1v) is 10.4. The lowest BCUT2D eigenvalue weighted by molar-refractivity contribution is 1.18. The predicted octanol–water partition coefficient (Wildman–Crippen LogP) is 6.07. The fourth-order valence-corrected chi connectivity index (χ4v) is 4.49. The monoisotopic (exact) mass is 417 g/mol. The SMILES string of the molecule is O=c1c2cccc(NCc3cnc(Cl)s3)c2[nH]c2c(-c3ccccc3)cccc12. The van der Waals surface area contributed by atoms with Crippen LogP contribution in [0.2, 0.25) is 4.47 Å². The molecule has 0 aliphatic heterocycles. The number of thiazole rings is 1. The van der Waals surface area contributed by atoms with Gasteiger partial charge in [-0.1, -0.05) is 60.1 Å². The average molecular weight is 418 g/mol. The van der Waals surface area contributed by atoms with Gasteiger partial charge < -0.3 is 10.3 Å². The van der Waals surface area contributed by atoms with Crippen LogP contribution in [-0.2, 0) is 6.54 Å². The van der Waals surface area contributed by atoms with Gasteiger partial charge in [-0.15, -0.1) is 11.3 Å². The van der Waals surface area contributed by atoms with Crippen LogP contribution in [0.25, 0.3) is 32.9 Å². The van der Waals surface area contributed by atoms with E-state index in [1.54, 1.807) is 6.20 Å². The van der Waals surface area contributed by atoms with Gasteiger partial charge in [-0.25, -0.2) is 4.98 Å². The van der Waals surface area contributed by atoms with E-state index >= 15 is 0 Å². The molecule has 4 nitrogen and oxygen atoms in total. The van der Waals surface area contributed by atoms with Gasteiger partial charge in [0.05, 0.1) is 23.3 Å². The molecule has 0 radical (unpaired) electrons. The van der Waals surface area contributed by atoms with E-state index in [0.29, 0.717) is 21.8 Å². The zero-order valence-corrected chi connectivity index (χ0v) is 16.8. The lowest BCUT2D eigenvalue weighted by Gasteiger charge is -2.12. The van der Waals surface area contributed by atoms with Gasteiger partial charge >= 0.3 is 0 Å². The summed E-state index contributed by atoms with van der Waals surface area (Å²) in [7, 11) is 0. The smallest absolute Gasteiger partial charge is 0.197 e. The fourth-order valence-electron chi connectivity index (χ4n) is 3.58. The van der Waals surface area contributed by atoms with Gasteiger partial charge in [-0.05, 0) is 23.8 Å². The molecule has 0 saturated heterocycles. The van der Waals surface area contributed by atoms with Crippen LogP contribution in [0.15, 0.2) is 77.7 Å². The van der Waals surface area contributed by atoms with Crippen molar-refractivity contribution < 1.29 is 0 Å². The number of hydrogen-bond donors (Lipinski definition) is 2. The maximum atomic E-state index is 13.2. The van der Waals surface area contributed by atoms with Crippen molar-refractivity contribution in [3.63, 3.8) is 0 Å².